The van der Waals surface area contributed by atoms with Crippen LogP contribution in [0.5, 0.6) is 5.75 Å². The highest BCUT2D eigenvalue weighted by molar-refractivity contribution is 8.27. The summed E-state index contributed by atoms with van der Waals surface area (Å²) in [6.45, 7) is 0. The number of carbonyl (C=O) groups excluding carboxylic acids is 1. The second kappa shape index (κ2) is 7.54. The number of amides is 1. The Kier molecular flexibility index (Phi) is 5.10. The van der Waals surface area contributed by atoms with Crippen LogP contribution in [0.15, 0.2) is 59.5 Å². The van der Waals surface area contributed by atoms with Gasteiger partial charge in [0.15, 0.2) is 4.32 Å². The summed E-state index contributed by atoms with van der Waals surface area (Å²) in [5, 5.41) is 1.94. The summed E-state index contributed by atoms with van der Waals surface area (Å²) in [5.74, 6) is -0.173. The Bertz CT molecular complexity index is 1160. The van der Waals surface area contributed by atoms with Crippen molar-refractivity contribution >= 4 is 68.3 Å². The van der Waals surface area contributed by atoms with Crippen molar-refractivity contribution < 1.29 is 13.9 Å². The molecular formula is C21H13ClFNO2S2. The van der Waals surface area contributed by atoms with E-state index in [2.05, 4.69) is 0 Å². The van der Waals surface area contributed by atoms with E-state index in [0.29, 0.717) is 20.7 Å². The minimum absolute atomic E-state index is 0.0637. The van der Waals surface area contributed by atoms with Gasteiger partial charge in [-0.1, -0.05) is 65.9 Å². The largest absolute Gasteiger partial charge is 0.496 e. The first kappa shape index (κ1) is 18.9. The van der Waals surface area contributed by atoms with Crippen molar-refractivity contribution in [3.63, 3.8) is 0 Å². The van der Waals surface area contributed by atoms with E-state index in [9.17, 15) is 9.18 Å². The van der Waals surface area contributed by atoms with Crippen molar-refractivity contribution in [2.24, 2.45) is 0 Å². The van der Waals surface area contributed by atoms with E-state index in [-0.39, 0.29) is 10.9 Å². The molecule has 0 spiro atoms. The topological polar surface area (TPSA) is 29.5 Å². The zero-order valence-electron chi connectivity index (χ0n) is 14.6. The number of halogens is 2. The Hall–Kier alpha value is -2.41. The molecule has 1 aliphatic heterocycles. The Morgan fingerprint density at radius 3 is 2.71 bits per heavy atom. The van der Waals surface area contributed by atoms with Crippen molar-refractivity contribution in [1.29, 1.82) is 0 Å². The minimum atomic E-state index is -0.549. The number of nitrogens with zero attached hydrogens (tertiary/aromatic N) is 1. The fourth-order valence-corrected chi connectivity index (χ4v) is 4.50. The monoisotopic (exact) mass is 429 g/mol. The molecule has 1 heterocycles. The lowest BCUT2D eigenvalue weighted by molar-refractivity contribution is -0.113. The van der Waals surface area contributed by atoms with Crippen molar-refractivity contribution in [1.82, 2.24) is 0 Å². The molecule has 0 unspecified atom stereocenters. The highest BCUT2D eigenvalue weighted by Gasteiger charge is 2.34. The Morgan fingerprint density at radius 2 is 1.96 bits per heavy atom. The molecule has 0 atom stereocenters. The van der Waals surface area contributed by atoms with Crippen molar-refractivity contribution in [2.75, 3.05) is 12.0 Å². The van der Waals surface area contributed by atoms with E-state index in [1.54, 1.807) is 13.2 Å². The maximum Gasteiger partial charge on any atom is 0.270 e. The molecule has 3 aromatic rings. The maximum absolute atomic E-state index is 13.5. The Balaban J connectivity index is 1.80. The van der Waals surface area contributed by atoms with Crippen LogP contribution in [0.4, 0.5) is 10.1 Å². The van der Waals surface area contributed by atoms with Gasteiger partial charge in [-0.3, -0.25) is 9.69 Å². The second-order valence-electron chi connectivity index (χ2n) is 6.02. The van der Waals surface area contributed by atoms with Crippen LogP contribution in [0.25, 0.3) is 16.8 Å². The maximum atomic E-state index is 13.5. The number of fused-ring (bicyclic) bond motifs is 1. The molecule has 3 aromatic carbocycles. The number of thiocarbonyl (C=S) groups is 1. The number of methoxy groups -OCH3 is 1. The number of benzene rings is 3. The summed E-state index contributed by atoms with van der Waals surface area (Å²) in [4.78, 5) is 14.8. The van der Waals surface area contributed by atoms with E-state index >= 15 is 0 Å². The van der Waals surface area contributed by atoms with Crippen LogP contribution in [0.1, 0.15) is 5.56 Å². The van der Waals surface area contributed by atoms with Gasteiger partial charge in [0.25, 0.3) is 5.91 Å². The van der Waals surface area contributed by atoms with Gasteiger partial charge in [0.2, 0.25) is 0 Å². The molecule has 0 aromatic heterocycles. The molecule has 1 saturated heterocycles. The minimum Gasteiger partial charge on any atom is -0.496 e. The lowest BCUT2D eigenvalue weighted by Crippen LogP contribution is -2.27. The standard InChI is InChI=1S/C21H13ClFNO2S2/c1-26-18-9-6-12-4-2-3-5-14(12)15(18)11-19-20(25)24(21(27)28-19)13-7-8-17(23)16(22)10-13/h2-11H,1H3/b19-11+. The molecule has 1 aliphatic rings. The highest BCUT2D eigenvalue weighted by atomic mass is 35.5. The van der Waals surface area contributed by atoms with Crippen molar-refractivity contribution in [3.8, 4) is 5.75 Å². The third-order valence-corrected chi connectivity index (χ3v) is 5.97. The first-order valence-electron chi connectivity index (χ1n) is 8.28. The number of hydrogen-bond acceptors (Lipinski definition) is 4. The summed E-state index contributed by atoms with van der Waals surface area (Å²) >= 11 is 12.4. The summed E-state index contributed by atoms with van der Waals surface area (Å²) in [5.41, 5.74) is 1.24. The fraction of sp³-hybridized carbons (Fsp3) is 0.0476. The Morgan fingerprint density at radius 1 is 1.18 bits per heavy atom. The number of rotatable bonds is 3. The molecular weight excluding hydrogens is 417 g/mol. The molecule has 140 valence electrons. The summed E-state index contributed by atoms with van der Waals surface area (Å²) < 4.78 is 19.3. The summed E-state index contributed by atoms with van der Waals surface area (Å²) in [6, 6.07) is 15.8. The number of carbonyl (C=O) groups is 1. The lowest BCUT2D eigenvalue weighted by Gasteiger charge is -2.15. The molecule has 0 N–H and O–H groups in total. The summed E-state index contributed by atoms with van der Waals surface area (Å²) in [7, 11) is 1.59. The first-order chi connectivity index (χ1) is 13.5. The fourth-order valence-electron chi connectivity index (χ4n) is 3.05. The van der Waals surface area contributed by atoms with Crippen LogP contribution in [-0.4, -0.2) is 17.3 Å². The van der Waals surface area contributed by atoms with Crippen molar-refractivity contribution in [2.45, 2.75) is 0 Å². The zero-order chi connectivity index (χ0) is 19.8. The predicted octanol–water partition coefficient (Wildman–Crippen LogP) is 6.05. The lowest BCUT2D eigenvalue weighted by atomic mass is 10.0. The summed E-state index contributed by atoms with van der Waals surface area (Å²) in [6.07, 6.45) is 1.78. The van der Waals surface area contributed by atoms with E-state index in [0.717, 1.165) is 16.3 Å². The van der Waals surface area contributed by atoms with E-state index in [4.69, 9.17) is 28.6 Å². The van der Waals surface area contributed by atoms with Crippen LogP contribution in [0, 0.1) is 5.82 Å². The molecule has 28 heavy (non-hydrogen) atoms. The smallest absolute Gasteiger partial charge is 0.270 e. The van der Waals surface area contributed by atoms with Crippen LogP contribution in [-0.2, 0) is 4.79 Å². The molecule has 7 heteroatoms. The van der Waals surface area contributed by atoms with Gasteiger partial charge in [-0.2, -0.15) is 0 Å². The molecule has 0 bridgehead atoms. The molecule has 1 amide bonds. The average molecular weight is 430 g/mol. The Labute approximate surface area is 175 Å². The quantitative estimate of drug-likeness (QED) is 0.374. The third kappa shape index (κ3) is 3.28. The van der Waals surface area contributed by atoms with E-state index in [1.807, 2.05) is 36.4 Å². The predicted molar refractivity (Wildman–Crippen MR) is 118 cm³/mol. The van der Waals surface area contributed by atoms with Crippen LogP contribution in [0.2, 0.25) is 5.02 Å². The average Bonchev–Trinajstić information content (AvgIpc) is 2.97. The molecule has 4 rings (SSSR count). The first-order valence-corrected chi connectivity index (χ1v) is 9.88. The zero-order valence-corrected chi connectivity index (χ0v) is 17.0. The normalized spacial score (nSPS) is 15.7. The second-order valence-corrected chi connectivity index (χ2v) is 8.10. The third-order valence-electron chi connectivity index (χ3n) is 4.38. The SMILES string of the molecule is COc1ccc2ccccc2c1/C=C1/SC(=S)N(c2ccc(F)c(Cl)c2)C1=O. The van der Waals surface area contributed by atoms with Gasteiger partial charge in [0.05, 0.1) is 22.7 Å². The molecule has 0 radical (unpaired) electrons. The highest BCUT2D eigenvalue weighted by Crippen LogP contribution is 2.39. The van der Waals surface area contributed by atoms with Gasteiger partial charge >= 0.3 is 0 Å². The number of ether oxygens (including phenoxy) is 1. The van der Waals surface area contributed by atoms with Crippen LogP contribution in [0.3, 0.4) is 0 Å². The van der Waals surface area contributed by atoms with Crippen LogP contribution < -0.4 is 9.64 Å². The molecule has 0 saturated carbocycles. The number of anilines is 1. The van der Waals surface area contributed by atoms with E-state index in [1.165, 1.54) is 34.9 Å². The molecule has 1 fully saturated rings. The molecule has 0 aliphatic carbocycles. The number of hydrogen-bond donors (Lipinski definition) is 0. The number of thioether (sulfide) groups is 1. The molecule has 3 nitrogen and oxygen atoms in total. The van der Waals surface area contributed by atoms with Gasteiger partial charge in [-0.15, -0.1) is 0 Å². The van der Waals surface area contributed by atoms with Gasteiger partial charge in [-0.05, 0) is 41.1 Å². The van der Waals surface area contributed by atoms with Gasteiger partial charge in [0.1, 0.15) is 11.6 Å². The van der Waals surface area contributed by atoms with Gasteiger partial charge in [0, 0.05) is 5.56 Å². The van der Waals surface area contributed by atoms with Crippen molar-refractivity contribution in [3.05, 3.63) is 75.9 Å². The van der Waals surface area contributed by atoms with Crippen LogP contribution >= 0.6 is 35.6 Å². The van der Waals surface area contributed by atoms with E-state index < -0.39 is 5.82 Å². The van der Waals surface area contributed by atoms with Gasteiger partial charge < -0.3 is 4.74 Å². The van der Waals surface area contributed by atoms with Gasteiger partial charge in [-0.25, -0.2) is 4.39 Å².